The van der Waals surface area contributed by atoms with E-state index >= 15 is 0 Å². The lowest BCUT2D eigenvalue weighted by molar-refractivity contribution is -0.167. The van der Waals surface area contributed by atoms with Gasteiger partial charge in [0, 0.05) is 19.3 Å². The molecule has 0 amide bonds. The topological polar surface area (TPSA) is 78.9 Å². The molecule has 0 aromatic heterocycles. The summed E-state index contributed by atoms with van der Waals surface area (Å²) >= 11 is 0. The van der Waals surface area contributed by atoms with E-state index in [4.69, 9.17) is 14.2 Å². The lowest BCUT2D eigenvalue weighted by Gasteiger charge is -2.18. The summed E-state index contributed by atoms with van der Waals surface area (Å²) in [5, 5.41) is 0. The second-order valence-corrected chi connectivity index (χ2v) is 16.1. The molecule has 0 bridgehead atoms. The third kappa shape index (κ3) is 38.0. The molecular weight excluding hydrogens is 636 g/mol. The molecule has 0 aliphatic heterocycles. The van der Waals surface area contributed by atoms with Crippen LogP contribution in [0.5, 0.6) is 0 Å². The highest BCUT2D eigenvalue weighted by atomic mass is 16.6. The summed E-state index contributed by atoms with van der Waals surface area (Å²) in [7, 11) is 0. The van der Waals surface area contributed by atoms with E-state index in [0.717, 1.165) is 69.6 Å². The number of esters is 3. The Morgan fingerprint density at radius 3 is 1.12 bits per heavy atom. The van der Waals surface area contributed by atoms with Crippen molar-refractivity contribution in [1.82, 2.24) is 0 Å². The third-order valence-electron chi connectivity index (χ3n) is 10.3. The van der Waals surface area contributed by atoms with Crippen LogP contribution in [-0.4, -0.2) is 37.2 Å². The summed E-state index contributed by atoms with van der Waals surface area (Å²) in [5.41, 5.74) is 0. The van der Waals surface area contributed by atoms with E-state index in [0.29, 0.717) is 19.3 Å². The minimum atomic E-state index is -0.760. The number of carbonyl (C=O) groups is 3. The molecular formula is C45H86O6. The van der Waals surface area contributed by atoms with Crippen molar-refractivity contribution in [2.75, 3.05) is 13.2 Å². The average Bonchev–Trinajstić information content (AvgIpc) is 3.11. The molecule has 6 heteroatoms. The van der Waals surface area contributed by atoms with Crippen molar-refractivity contribution in [3.05, 3.63) is 0 Å². The maximum absolute atomic E-state index is 12.7. The molecule has 0 aliphatic carbocycles. The van der Waals surface area contributed by atoms with E-state index < -0.39 is 6.10 Å². The molecule has 0 aliphatic rings. The van der Waals surface area contributed by atoms with E-state index in [9.17, 15) is 14.4 Å². The summed E-state index contributed by atoms with van der Waals surface area (Å²) < 4.78 is 16.7. The molecule has 2 atom stereocenters. The van der Waals surface area contributed by atoms with E-state index in [-0.39, 0.29) is 31.1 Å². The number of ether oxygens (including phenoxy) is 3. The summed E-state index contributed by atoms with van der Waals surface area (Å²) in [6.07, 6.45) is 35.2. The van der Waals surface area contributed by atoms with Crippen LogP contribution in [-0.2, 0) is 28.6 Å². The van der Waals surface area contributed by atoms with Crippen LogP contribution in [0.25, 0.3) is 0 Å². The fourth-order valence-corrected chi connectivity index (χ4v) is 6.54. The zero-order chi connectivity index (χ0) is 37.6. The van der Waals surface area contributed by atoms with Crippen molar-refractivity contribution in [2.45, 2.75) is 246 Å². The Balaban J connectivity index is 4.36. The molecule has 0 aromatic carbocycles. The highest BCUT2D eigenvalue weighted by molar-refractivity contribution is 5.71. The molecule has 0 radical (unpaired) electrons. The molecule has 302 valence electrons. The fraction of sp³-hybridized carbons (Fsp3) is 0.933. The minimum Gasteiger partial charge on any atom is -0.462 e. The quantitative estimate of drug-likeness (QED) is 0.0357. The standard InChI is InChI=1S/C45H86O6/c1-6-8-9-10-11-12-13-14-15-20-27-32-37-45(48)51-42(39-50-44(47)36-31-26-22-21-24-29-34-41(5)7-2)38-49-43(46)35-30-25-19-17-16-18-23-28-33-40(3)4/h40-42H,6-39H2,1-5H3/t41?,42-/m0/s1. The largest absolute Gasteiger partial charge is 0.462 e. The van der Waals surface area contributed by atoms with Gasteiger partial charge in [-0.15, -0.1) is 0 Å². The van der Waals surface area contributed by atoms with Crippen LogP contribution in [0.1, 0.15) is 240 Å². The van der Waals surface area contributed by atoms with Crippen LogP contribution >= 0.6 is 0 Å². The Bertz CT molecular complexity index is 781. The maximum Gasteiger partial charge on any atom is 0.306 e. The molecule has 0 fully saturated rings. The van der Waals surface area contributed by atoms with Gasteiger partial charge < -0.3 is 14.2 Å². The molecule has 51 heavy (non-hydrogen) atoms. The van der Waals surface area contributed by atoms with Gasteiger partial charge in [0.25, 0.3) is 0 Å². The first kappa shape index (κ1) is 49.4. The van der Waals surface area contributed by atoms with Crippen LogP contribution in [0.3, 0.4) is 0 Å². The number of hydrogen-bond donors (Lipinski definition) is 0. The smallest absolute Gasteiger partial charge is 0.306 e. The summed E-state index contributed by atoms with van der Waals surface area (Å²) in [6, 6.07) is 0. The zero-order valence-electron chi connectivity index (χ0n) is 34.7. The SMILES string of the molecule is CCCCCCCCCCCCCCC(=O)O[C@@H](COC(=O)CCCCCCCCCCC(C)C)COC(=O)CCCCCCCCC(C)CC. The van der Waals surface area contributed by atoms with Crippen molar-refractivity contribution in [1.29, 1.82) is 0 Å². The predicted molar refractivity (Wildman–Crippen MR) is 215 cm³/mol. The van der Waals surface area contributed by atoms with Crippen LogP contribution in [0.4, 0.5) is 0 Å². The van der Waals surface area contributed by atoms with Crippen molar-refractivity contribution in [3.8, 4) is 0 Å². The van der Waals surface area contributed by atoms with Gasteiger partial charge in [-0.2, -0.15) is 0 Å². The highest BCUT2D eigenvalue weighted by Crippen LogP contribution is 2.17. The third-order valence-corrected chi connectivity index (χ3v) is 10.3. The lowest BCUT2D eigenvalue weighted by atomic mass is 10.00. The molecule has 0 heterocycles. The predicted octanol–water partition coefficient (Wildman–Crippen LogP) is 13.8. The number of rotatable bonds is 39. The molecule has 0 N–H and O–H groups in total. The van der Waals surface area contributed by atoms with Gasteiger partial charge in [-0.25, -0.2) is 0 Å². The average molecular weight is 723 g/mol. The van der Waals surface area contributed by atoms with Crippen molar-refractivity contribution in [3.63, 3.8) is 0 Å². The first-order valence-corrected chi connectivity index (χ1v) is 22.3. The van der Waals surface area contributed by atoms with Gasteiger partial charge >= 0.3 is 17.9 Å². The number of carbonyl (C=O) groups excluding carboxylic acids is 3. The van der Waals surface area contributed by atoms with Crippen molar-refractivity contribution >= 4 is 17.9 Å². The van der Waals surface area contributed by atoms with E-state index in [1.165, 1.54) is 128 Å². The first-order chi connectivity index (χ1) is 24.8. The Kier molecular flexibility index (Phi) is 37.0. The summed E-state index contributed by atoms with van der Waals surface area (Å²) in [6.45, 7) is 11.3. The van der Waals surface area contributed by atoms with Gasteiger partial charge in [-0.05, 0) is 31.1 Å². The molecule has 0 saturated carbocycles. The Labute approximate surface area is 317 Å². The Morgan fingerprint density at radius 2 is 0.745 bits per heavy atom. The zero-order valence-corrected chi connectivity index (χ0v) is 34.7. The van der Waals surface area contributed by atoms with E-state index in [2.05, 4.69) is 34.6 Å². The van der Waals surface area contributed by atoms with Crippen LogP contribution in [0.2, 0.25) is 0 Å². The number of hydrogen-bond acceptors (Lipinski definition) is 6. The van der Waals surface area contributed by atoms with Crippen LogP contribution < -0.4 is 0 Å². The molecule has 1 unspecified atom stereocenters. The molecule has 6 nitrogen and oxygen atoms in total. The lowest BCUT2D eigenvalue weighted by Crippen LogP contribution is -2.30. The fourth-order valence-electron chi connectivity index (χ4n) is 6.54. The molecule has 0 saturated heterocycles. The minimum absolute atomic E-state index is 0.0661. The molecule has 0 rings (SSSR count). The first-order valence-electron chi connectivity index (χ1n) is 22.3. The van der Waals surface area contributed by atoms with Gasteiger partial charge in [0.05, 0.1) is 0 Å². The second kappa shape index (κ2) is 38.1. The molecule has 0 spiro atoms. The molecule has 0 aromatic rings. The van der Waals surface area contributed by atoms with Crippen molar-refractivity contribution < 1.29 is 28.6 Å². The van der Waals surface area contributed by atoms with Gasteiger partial charge in [0.1, 0.15) is 13.2 Å². The monoisotopic (exact) mass is 723 g/mol. The highest BCUT2D eigenvalue weighted by Gasteiger charge is 2.19. The normalized spacial score (nSPS) is 12.6. The van der Waals surface area contributed by atoms with Gasteiger partial charge in [-0.3, -0.25) is 14.4 Å². The van der Waals surface area contributed by atoms with Gasteiger partial charge in [-0.1, -0.05) is 202 Å². The summed E-state index contributed by atoms with van der Waals surface area (Å²) in [4.78, 5) is 37.6. The van der Waals surface area contributed by atoms with E-state index in [1.54, 1.807) is 0 Å². The Hall–Kier alpha value is -1.59. The van der Waals surface area contributed by atoms with Gasteiger partial charge in [0.15, 0.2) is 6.10 Å². The number of unbranched alkanes of at least 4 members (excludes halogenated alkanes) is 23. The summed E-state index contributed by atoms with van der Waals surface area (Å²) in [5.74, 6) is 0.748. The van der Waals surface area contributed by atoms with Crippen molar-refractivity contribution in [2.24, 2.45) is 11.8 Å². The van der Waals surface area contributed by atoms with E-state index in [1.807, 2.05) is 0 Å². The van der Waals surface area contributed by atoms with Crippen LogP contribution in [0, 0.1) is 11.8 Å². The Morgan fingerprint density at radius 1 is 0.412 bits per heavy atom. The second-order valence-electron chi connectivity index (χ2n) is 16.1. The van der Waals surface area contributed by atoms with Crippen LogP contribution in [0.15, 0.2) is 0 Å². The van der Waals surface area contributed by atoms with Gasteiger partial charge in [0.2, 0.25) is 0 Å². The maximum atomic E-state index is 12.7.